The van der Waals surface area contributed by atoms with Crippen LogP contribution in [0, 0.1) is 12.7 Å². The maximum absolute atomic E-state index is 13.3. The summed E-state index contributed by atoms with van der Waals surface area (Å²) in [7, 11) is 0. The highest BCUT2D eigenvalue weighted by molar-refractivity contribution is 5.94. The number of amides is 1. The summed E-state index contributed by atoms with van der Waals surface area (Å²) in [6.07, 6.45) is 0.159. The van der Waals surface area contributed by atoms with Gasteiger partial charge in [-0.05, 0) is 49.2 Å². The third-order valence-corrected chi connectivity index (χ3v) is 4.74. The van der Waals surface area contributed by atoms with Gasteiger partial charge < -0.3 is 15.1 Å². The van der Waals surface area contributed by atoms with Crippen LogP contribution in [0.4, 0.5) is 4.39 Å². The van der Waals surface area contributed by atoms with E-state index in [1.165, 1.54) is 12.1 Å². The van der Waals surface area contributed by atoms with Crippen molar-refractivity contribution in [3.8, 4) is 0 Å². The molecule has 2 N–H and O–H groups in total. The Kier molecular flexibility index (Phi) is 4.81. The van der Waals surface area contributed by atoms with Crippen molar-refractivity contribution in [2.24, 2.45) is 5.16 Å². The van der Waals surface area contributed by atoms with E-state index in [0.717, 1.165) is 27.9 Å². The van der Waals surface area contributed by atoms with Gasteiger partial charge in [0.05, 0.1) is 22.8 Å². The number of halogens is 1. The van der Waals surface area contributed by atoms with Gasteiger partial charge in [-0.1, -0.05) is 23.4 Å². The molecule has 1 aliphatic heterocycles. The Morgan fingerprint density at radius 3 is 3.04 bits per heavy atom. The Morgan fingerprint density at radius 2 is 2.21 bits per heavy atom. The van der Waals surface area contributed by atoms with E-state index in [1.807, 2.05) is 38.1 Å². The second-order valence-corrected chi connectivity index (χ2v) is 7.14. The molecule has 144 valence electrons. The van der Waals surface area contributed by atoms with Gasteiger partial charge in [0, 0.05) is 12.8 Å². The van der Waals surface area contributed by atoms with Crippen LogP contribution in [-0.4, -0.2) is 27.7 Å². The van der Waals surface area contributed by atoms with Gasteiger partial charge in [-0.15, -0.1) is 0 Å². The van der Waals surface area contributed by atoms with Gasteiger partial charge in [0.25, 0.3) is 5.91 Å². The zero-order valence-corrected chi connectivity index (χ0v) is 15.7. The number of H-pyrrole nitrogens is 1. The van der Waals surface area contributed by atoms with Crippen molar-refractivity contribution < 1.29 is 14.0 Å². The molecule has 2 aromatic carbocycles. The predicted octanol–water partition coefficient (Wildman–Crippen LogP) is 3.58. The molecule has 0 unspecified atom stereocenters. The average Bonchev–Trinajstić information content (AvgIpc) is 3.28. The van der Waals surface area contributed by atoms with Crippen LogP contribution in [0.3, 0.4) is 0 Å². The van der Waals surface area contributed by atoms with E-state index in [4.69, 9.17) is 4.84 Å². The van der Waals surface area contributed by atoms with Crippen molar-refractivity contribution in [3.05, 3.63) is 65.2 Å². The second-order valence-electron chi connectivity index (χ2n) is 7.14. The van der Waals surface area contributed by atoms with E-state index in [0.29, 0.717) is 18.7 Å². The Labute approximate surface area is 161 Å². The summed E-state index contributed by atoms with van der Waals surface area (Å²) in [5, 5.41) is 6.91. The lowest BCUT2D eigenvalue weighted by molar-refractivity contribution is -0.131. The van der Waals surface area contributed by atoms with Crippen molar-refractivity contribution in [1.29, 1.82) is 0 Å². The molecule has 0 aliphatic carbocycles. The third kappa shape index (κ3) is 3.88. The lowest BCUT2D eigenvalue weighted by Gasteiger charge is -2.14. The van der Waals surface area contributed by atoms with Gasteiger partial charge in [0.15, 0.2) is 0 Å². The highest BCUT2D eigenvalue weighted by Gasteiger charge is 2.29. The molecule has 0 spiro atoms. The quantitative estimate of drug-likeness (QED) is 0.710. The number of nitrogens with one attached hydrogen (secondary N) is 2. The summed E-state index contributed by atoms with van der Waals surface area (Å²) in [4.78, 5) is 25.6. The molecule has 0 bridgehead atoms. The molecule has 1 aliphatic rings. The summed E-state index contributed by atoms with van der Waals surface area (Å²) in [6.45, 7) is 3.88. The molecule has 0 saturated heterocycles. The maximum atomic E-state index is 13.3. The maximum Gasteiger partial charge on any atom is 0.264 e. The van der Waals surface area contributed by atoms with Crippen LogP contribution in [0.1, 0.15) is 36.3 Å². The number of carbonyl (C=O) groups is 1. The van der Waals surface area contributed by atoms with Crippen LogP contribution in [0.25, 0.3) is 11.0 Å². The van der Waals surface area contributed by atoms with E-state index in [1.54, 1.807) is 6.07 Å². The van der Waals surface area contributed by atoms with Gasteiger partial charge in [0.2, 0.25) is 6.10 Å². The van der Waals surface area contributed by atoms with Crippen molar-refractivity contribution in [1.82, 2.24) is 15.3 Å². The SMILES string of the molecule is Cc1ccc2nc([C@@H](C)NC(=O)[C@@H]3CC(Cc4cccc(F)c4)=NO3)[nH]c2c1. The lowest BCUT2D eigenvalue weighted by atomic mass is 10.0. The van der Waals surface area contributed by atoms with Gasteiger partial charge >= 0.3 is 0 Å². The van der Waals surface area contributed by atoms with Crippen LogP contribution in [0.15, 0.2) is 47.6 Å². The van der Waals surface area contributed by atoms with E-state index < -0.39 is 6.10 Å². The second kappa shape index (κ2) is 7.42. The number of fused-ring (bicyclic) bond motifs is 1. The largest absolute Gasteiger partial charge is 0.382 e. The first kappa shape index (κ1) is 18.2. The molecule has 2 heterocycles. The molecule has 28 heavy (non-hydrogen) atoms. The first-order valence-corrected chi connectivity index (χ1v) is 9.20. The normalized spacial score (nSPS) is 17.2. The first-order chi connectivity index (χ1) is 13.5. The van der Waals surface area contributed by atoms with Gasteiger partial charge in [-0.25, -0.2) is 9.37 Å². The molecule has 1 aromatic heterocycles. The van der Waals surface area contributed by atoms with Crippen LogP contribution in [0.2, 0.25) is 0 Å². The monoisotopic (exact) mass is 380 g/mol. The van der Waals surface area contributed by atoms with E-state index in [9.17, 15) is 9.18 Å². The molecule has 1 amide bonds. The number of imidazole rings is 1. The first-order valence-electron chi connectivity index (χ1n) is 9.20. The fourth-order valence-electron chi connectivity index (χ4n) is 3.28. The van der Waals surface area contributed by atoms with Crippen LogP contribution in [-0.2, 0) is 16.1 Å². The summed E-state index contributed by atoms with van der Waals surface area (Å²) in [5.74, 6) is 0.149. The Balaban J connectivity index is 1.36. The number of benzene rings is 2. The van der Waals surface area contributed by atoms with Crippen molar-refractivity contribution >= 4 is 22.7 Å². The fraction of sp³-hybridized carbons (Fsp3) is 0.286. The van der Waals surface area contributed by atoms with Crippen LogP contribution < -0.4 is 5.32 Å². The van der Waals surface area contributed by atoms with E-state index >= 15 is 0 Å². The number of nitrogens with zero attached hydrogens (tertiary/aromatic N) is 2. The number of aryl methyl sites for hydroxylation is 1. The molecular weight excluding hydrogens is 359 g/mol. The van der Waals surface area contributed by atoms with Crippen molar-refractivity contribution in [2.45, 2.75) is 38.8 Å². The summed E-state index contributed by atoms with van der Waals surface area (Å²) >= 11 is 0. The standard InChI is InChI=1S/C21H21FN4O2/c1-12-6-7-17-18(8-12)25-20(24-17)13(2)23-21(27)19-11-16(26-28-19)10-14-4-3-5-15(22)9-14/h3-9,13,19H,10-11H2,1-2H3,(H,23,27)(H,24,25)/t13-,19+/m1/s1. The Morgan fingerprint density at radius 1 is 1.36 bits per heavy atom. The molecule has 7 heteroatoms. The average molecular weight is 380 g/mol. The topological polar surface area (TPSA) is 79.4 Å². The number of carbonyl (C=O) groups excluding carboxylic acids is 1. The molecule has 2 atom stereocenters. The predicted molar refractivity (Wildman–Crippen MR) is 104 cm³/mol. The number of hydrogen-bond donors (Lipinski definition) is 2. The molecule has 0 saturated carbocycles. The minimum absolute atomic E-state index is 0.248. The molecular formula is C21H21FN4O2. The highest BCUT2D eigenvalue weighted by Crippen LogP contribution is 2.19. The highest BCUT2D eigenvalue weighted by atomic mass is 19.1. The smallest absolute Gasteiger partial charge is 0.264 e. The zero-order chi connectivity index (χ0) is 19.7. The number of oxime groups is 1. The Hall–Kier alpha value is -3.22. The minimum Gasteiger partial charge on any atom is -0.382 e. The molecule has 0 fully saturated rings. The van der Waals surface area contributed by atoms with Crippen molar-refractivity contribution in [2.75, 3.05) is 0 Å². The van der Waals surface area contributed by atoms with Crippen molar-refractivity contribution in [3.63, 3.8) is 0 Å². The minimum atomic E-state index is -0.683. The fourth-order valence-corrected chi connectivity index (χ4v) is 3.28. The van der Waals surface area contributed by atoms with Crippen LogP contribution in [0.5, 0.6) is 0 Å². The summed E-state index contributed by atoms with van der Waals surface area (Å²) in [5.41, 5.74) is 4.46. The summed E-state index contributed by atoms with van der Waals surface area (Å²) in [6, 6.07) is 12.0. The van der Waals surface area contributed by atoms with Crippen LogP contribution >= 0.6 is 0 Å². The number of aromatic amines is 1. The molecule has 3 aromatic rings. The van der Waals surface area contributed by atoms with E-state index in [-0.39, 0.29) is 17.8 Å². The Bertz CT molecular complexity index is 1060. The molecule has 6 nitrogen and oxygen atoms in total. The molecule has 4 rings (SSSR count). The number of rotatable bonds is 5. The molecule has 0 radical (unpaired) electrons. The number of hydrogen-bond acceptors (Lipinski definition) is 4. The van der Waals surface area contributed by atoms with Gasteiger partial charge in [-0.3, -0.25) is 4.79 Å². The lowest BCUT2D eigenvalue weighted by Crippen LogP contribution is -2.36. The number of aromatic nitrogens is 2. The van der Waals surface area contributed by atoms with Gasteiger partial charge in [-0.2, -0.15) is 0 Å². The van der Waals surface area contributed by atoms with E-state index in [2.05, 4.69) is 20.4 Å². The summed E-state index contributed by atoms with van der Waals surface area (Å²) < 4.78 is 13.3. The van der Waals surface area contributed by atoms with Gasteiger partial charge in [0.1, 0.15) is 11.6 Å². The zero-order valence-electron chi connectivity index (χ0n) is 15.7. The third-order valence-electron chi connectivity index (χ3n) is 4.74.